The molecule has 7 heteroatoms. The highest BCUT2D eigenvalue weighted by atomic mass is 16.6. The van der Waals surface area contributed by atoms with E-state index in [1.165, 1.54) is 12.0 Å². The van der Waals surface area contributed by atoms with Crippen LogP contribution in [0.4, 0.5) is 0 Å². The summed E-state index contributed by atoms with van der Waals surface area (Å²) in [6.07, 6.45) is 5.60. The average Bonchev–Trinajstić information content (AvgIpc) is 2.50. The Morgan fingerprint density at radius 3 is 2.40 bits per heavy atom. The van der Waals surface area contributed by atoms with Crippen LogP contribution in [0.1, 0.15) is 46.5 Å². The van der Waals surface area contributed by atoms with Crippen LogP contribution >= 0.6 is 0 Å². The maximum atomic E-state index is 13.2. The number of hydrogen-bond donors (Lipinski definition) is 1. The molecule has 2 rings (SSSR count). The molecule has 7 nitrogen and oxygen atoms in total. The Morgan fingerprint density at radius 1 is 1.16 bits per heavy atom. The van der Waals surface area contributed by atoms with Gasteiger partial charge < -0.3 is 20.1 Å². The lowest BCUT2D eigenvalue weighted by molar-refractivity contribution is -0.171. The minimum Gasteiger partial charge on any atom is -0.467 e. The summed E-state index contributed by atoms with van der Waals surface area (Å²) in [5, 5.41) is 0. The molecule has 2 heterocycles. The molecular formula is C18H28N2O5. The molecule has 0 aromatic rings. The number of ether oxygens (including phenoxy) is 2. The van der Waals surface area contributed by atoms with E-state index in [1.54, 1.807) is 20.8 Å². The van der Waals surface area contributed by atoms with Crippen molar-refractivity contribution in [3.8, 4) is 0 Å². The molecule has 4 unspecified atom stereocenters. The van der Waals surface area contributed by atoms with Crippen LogP contribution < -0.4 is 5.73 Å². The molecule has 2 N–H and O–H groups in total. The second-order valence-corrected chi connectivity index (χ2v) is 7.62. The first-order valence-electron chi connectivity index (χ1n) is 8.69. The predicted octanol–water partition coefficient (Wildman–Crippen LogP) is 1.15. The highest BCUT2D eigenvalue weighted by Gasteiger charge is 2.46. The summed E-state index contributed by atoms with van der Waals surface area (Å²) in [5.41, 5.74) is 5.51. The molecule has 25 heavy (non-hydrogen) atoms. The number of carbonyl (C=O) groups excluding carboxylic acids is 3. The Balaban J connectivity index is 2.35. The molecule has 0 aromatic carbocycles. The van der Waals surface area contributed by atoms with Gasteiger partial charge in [-0.25, -0.2) is 4.79 Å². The fourth-order valence-corrected chi connectivity index (χ4v) is 3.41. The van der Waals surface area contributed by atoms with Crippen LogP contribution in [0.2, 0.25) is 0 Å². The molecule has 0 radical (unpaired) electrons. The molecule has 0 spiro atoms. The second kappa shape index (κ2) is 7.56. The van der Waals surface area contributed by atoms with Crippen LogP contribution in [0, 0.1) is 5.92 Å². The predicted molar refractivity (Wildman–Crippen MR) is 91.4 cm³/mol. The van der Waals surface area contributed by atoms with E-state index in [-0.39, 0.29) is 18.5 Å². The van der Waals surface area contributed by atoms with E-state index in [4.69, 9.17) is 15.2 Å². The molecule has 4 atom stereocenters. The van der Waals surface area contributed by atoms with Crippen molar-refractivity contribution in [2.45, 2.75) is 70.2 Å². The zero-order valence-corrected chi connectivity index (χ0v) is 15.4. The smallest absolute Gasteiger partial charge is 0.328 e. The van der Waals surface area contributed by atoms with Gasteiger partial charge in [-0.05, 0) is 46.5 Å². The molecular weight excluding hydrogens is 324 g/mol. The van der Waals surface area contributed by atoms with Crippen molar-refractivity contribution < 1.29 is 23.9 Å². The van der Waals surface area contributed by atoms with Crippen molar-refractivity contribution in [2.24, 2.45) is 11.7 Å². The first kappa shape index (κ1) is 19.4. The van der Waals surface area contributed by atoms with Gasteiger partial charge in [0.25, 0.3) is 0 Å². The number of amides is 1. The highest BCUT2D eigenvalue weighted by molar-refractivity contribution is 6.00. The molecule has 0 aliphatic carbocycles. The maximum Gasteiger partial charge on any atom is 0.328 e. The van der Waals surface area contributed by atoms with E-state index < -0.39 is 35.4 Å². The van der Waals surface area contributed by atoms with E-state index in [9.17, 15) is 14.4 Å². The summed E-state index contributed by atoms with van der Waals surface area (Å²) in [5.74, 6) is -2.44. The van der Waals surface area contributed by atoms with Crippen molar-refractivity contribution in [3.05, 3.63) is 12.2 Å². The van der Waals surface area contributed by atoms with Crippen molar-refractivity contribution in [1.29, 1.82) is 0 Å². The number of hydrogen-bond acceptors (Lipinski definition) is 6. The number of nitrogens with two attached hydrogens (primary N) is 1. The second-order valence-electron chi connectivity index (χ2n) is 7.62. The van der Waals surface area contributed by atoms with Crippen LogP contribution in [0.15, 0.2) is 12.2 Å². The fraction of sp³-hybridized carbons (Fsp3) is 0.722. The maximum absolute atomic E-state index is 13.2. The number of rotatable bonds is 2. The Labute approximate surface area is 148 Å². The van der Waals surface area contributed by atoms with Crippen LogP contribution in [-0.4, -0.2) is 53.6 Å². The van der Waals surface area contributed by atoms with Crippen molar-refractivity contribution in [3.63, 3.8) is 0 Å². The third-order valence-corrected chi connectivity index (χ3v) is 4.59. The molecule has 0 saturated carbocycles. The van der Waals surface area contributed by atoms with Gasteiger partial charge in [0.2, 0.25) is 5.91 Å². The number of piperidine rings is 1. The standard InChI is InChI=1S/C18H28N2O5/c1-18(2,3)25-16(22)11-7-5-6-8-13-12(19)9-10-14(17(23)24-4)20(13)15(11)21/h5-6,11-14H,7-10,19H2,1-4H3/b6-5-. The number of methoxy groups -OCH3 is 1. The number of esters is 2. The Hall–Kier alpha value is -1.89. The zero-order valence-electron chi connectivity index (χ0n) is 15.4. The summed E-state index contributed by atoms with van der Waals surface area (Å²) in [4.78, 5) is 39.4. The van der Waals surface area contributed by atoms with Gasteiger partial charge in [-0.1, -0.05) is 12.2 Å². The van der Waals surface area contributed by atoms with E-state index in [0.29, 0.717) is 19.3 Å². The molecule has 2 aliphatic heterocycles. The van der Waals surface area contributed by atoms with Crippen LogP contribution in [0.25, 0.3) is 0 Å². The van der Waals surface area contributed by atoms with Gasteiger partial charge in [0.1, 0.15) is 17.6 Å². The molecule has 0 bridgehead atoms. The topological polar surface area (TPSA) is 98.9 Å². The zero-order chi connectivity index (χ0) is 18.8. The molecule has 1 fully saturated rings. The van der Waals surface area contributed by atoms with Gasteiger partial charge >= 0.3 is 11.9 Å². The lowest BCUT2D eigenvalue weighted by Crippen LogP contribution is -2.62. The largest absolute Gasteiger partial charge is 0.467 e. The number of nitrogens with zero attached hydrogens (tertiary/aromatic N) is 1. The average molecular weight is 352 g/mol. The third kappa shape index (κ3) is 4.39. The van der Waals surface area contributed by atoms with Gasteiger partial charge in [-0.2, -0.15) is 0 Å². The summed E-state index contributed by atoms with van der Waals surface area (Å²) >= 11 is 0. The normalized spacial score (nSPS) is 31.4. The minimum absolute atomic E-state index is 0.244. The summed E-state index contributed by atoms with van der Waals surface area (Å²) in [6.45, 7) is 5.26. The Bertz CT molecular complexity index is 566. The van der Waals surface area contributed by atoms with E-state index >= 15 is 0 Å². The monoisotopic (exact) mass is 352 g/mol. The summed E-state index contributed by atoms with van der Waals surface area (Å²) in [6, 6.07) is -1.28. The Kier molecular flexibility index (Phi) is 5.87. The van der Waals surface area contributed by atoms with Gasteiger partial charge in [-0.15, -0.1) is 0 Å². The lowest BCUT2D eigenvalue weighted by Gasteiger charge is -2.45. The summed E-state index contributed by atoms with van der Waals surface area (Å²) in [7, 11) is 1.30. The van der Waals surface area contributed by atoms with Crippen LogP contribution in [0.5, 0.6) is 0 Å². The Morgan fingerprint density at radius 2 is 1.80 bits per heavy atom. The van der Waals surface area contributed by atoms with E-state index in [0.717, 1.165) is 0 Å². The first-order chi connectivity index (χ1) is 11.7. The van der Waals surface area contributed by atoms with Crippen molar-refractivity contribution >= 4 is 17.8 Å². The molecule has 0 aromatic heterocycles. The molecule has 1 amide bonds. The van der Waals surface area contributed by atoms with Gasteiger partial charge in [0.15, 0.2) is 0 Å². The van der Waals surface area contributed by atoms with Gasteiger partial charge in [0, 0.05) is 6.04 Å². The molecule has 2 aliphatic rings. The van der Waals surface area contributed by atoms with E-state index in [1.807, 2.05) is 12.2 Å². The molecule has 1 saturated heterocycles. The fourth-order valence-electron chi connectivity index (χ4n) is 3.41. The van der Waals surface area contributed by atoms with Crippen molar-refractivity contribution in [1.82, 2.24) is 4.90 Å². The van der Waals surface area contributed by atoms with Gasteiger partial charge in [-0.3, -0.25) is 9.59 Å². The highest BCUT2D eigenvalue weighted by Crippen LogP contribution is 2.30. The van der Waals surface area contributed by atoms with E-state index in [2.05, 4.69) is 0 Å². The van der Waals surface area contributed by atoms with Crippen LogP contribution in [-0.2, 0) is 23.9 Å². The minimum atomic E-state index is -0.976. The van der Waals surface area contributed by atoms with Gasteiger partial charge in [0.05, 0.1) is 13.2 Å². The quantitative estimate of drug-likeness (QED) is 0.455. The van der Waals surface area contributed by atoms with Crippen molar-refractivity contribution in [2.75, 3.05) is 7.11 Å². The molecule has 140 valence electrons. The first-order valence-corrected chi connectivity index (χ1v) is 8.69. The number of fused-ring (bicyclic) bond motifs is 1. The third-order valence-electron chi connectivity index (χ3n) is 4.59. The lowest BCUT2D eigenvalue weighted by atomic mass is 9.86. The number of allylic oxidation sites excluding steroid dienone is 1. The SMILES string of the molecule is COC(=O)C1CCC(N)C2C/C=C\CC(C(=O)OC(C)(C)C)C(=O)N12. The number of carbonyl (C=O) groups is 3. The summed E-state index contributed by atoms with van der Waals surface area (Å²) < 4.78 is 10.3. The van der Waals surface area contributed by atoms with Crippen LogP contribution in [0.3, 0.4) is 0 Å².